The van der Waals surface area contributed by atoms with Gasteiger partial charge in [-0.1, -0.05) is 12.2 Å². The van der Waals surface area contributed by atoms with Crippen LogP contribution < -0.4 is 10.9 Å². The molecule has 1 amide bonds. The lowest BCUT2D eigenvalue weighted by atomic mass is 10.1. The van der Waals surface area contributed by atoms with E-state index in [1.807, 2.05) is 6.92 Å². The van der Waals surface area contributed by atoms with Gasteiger partial charge in [0.15, 0.2) is 0 Å². The van der Waals surface area contributed by atoms with Crippen molar-refractivity contribution in [3.8, 4) is 0 Å². The van der Waals surface area contributed by atoms with E-state index in [2.05, 4.69) is 17.0 Å². The summed E-state index contributed by atoms with van der Waals surface area (Å²) < 4.78 is 1.18. The van der Waals surface area contributed by atoms with E-state index >= 15 is 0 Å². The van der Waals surface area contributed by atoms with Crippen LogP contribution in [0.3, 0.4) is 0 Å². The number of aromatic nitrogens is 2. The van der Waals surface area contributed by atoms with Crippen molar-refractivity contribution in [1.82, 2.24) is 15.1 Å². The molecular formula is C12H17N3O2. The van der Waals surface area contributed by atoms with Gasteiger partial charge in [0.05, 0.1) is 5.69 Å². The highest BCUT2D eigenvalue weighted by atomic mass is 16.2. The highest BCUT2D eigenvalue weighted by Gasteiger charge is 2.17. The van der Waals surface area contributed by atoms with Gasteiger partial charge >= 0.3 is 0 Å². The van der Waals surface area contributed by atoms with Crippen LogP contribution in [0.25, 0.3) is 0 Å². The predicted octanol–water partition coefficient (Wildman–Crippen LogP) is 0.703. The Morgan fingerprint density at radius 1 is 1.47 bits per heavy atom. The number of aryl methyl sites for hydroxylation is 2. The molecule has 1 rings (SSSR count). The topological polar surface area (TPSA) is 64.0 Å². The van der Waals surface area contributed by atoms with Gasteiger partial charge in [0.25, 0.3) is 11.5 Å². The molecule has 0 aliphatic carbocycles. The Bertz CT molecular complexity index is 529. The van der Waals surface area contributed by atoms with Gasteiger partial charge in [0, 0.05) is 13.6 Å². The van der Waals surface area contributed by atoms with Gasteiger partial charge in [-0.25, -0.2) is 4.68 Å². The predicted molar refractivity (Wildman–Crippen MR) is 66.1 cm³/mol. The molecule has 1 heterocycles. The summed E-state index contributed by atoms with van der Waals surface area (Å²) in [5, 5.41) is 6.67. The Hall–Kier alpha value is -1.91. The van der Waals surface area contributed by atoms with Gasteiger partial charge < -0.3 is 5.32 Å². The molecule has 0 saturated carbocycles. The number of carbonyl (C=O) groups is 1. The minimum Gasteiger partial charge on any atom is -0.348 e. The van der Waals surface area contributed by atoms with Crippen LogP contribution in [0.4, 0.5) is 0 Å². The van der Waals surface area contributed by atoms with Gasteiger partial charge in [-0.05, 0) is 26.3 Å². The van der Waals surface area contributed by atoms with Crippen LogP contribution in [-0.4, -0.2) is 22.2 Å². The molecule has 0 atom stereocenters. The Morgan fingerprint density at radius 3 is 2.59 bits per heavy atom. The lowest BCUT2D eigenvalue weighted by Crippen LogP contribution is -2.35. The summed E-state index contributed by atoms with van der Waals surface area (Å²) in [6.45, 7) is 9.35. The van der Waals surface area contributed by atoms with E-state index in [4.69, 9.17) is 0 Å². The van der Waals surface area contributed by atoms with Crippen molar-refractivity contribution in [2.24, 2.45) is 7.05 Å². The average molecular weight is 235 g/mol. The highest BCUT2D eigenvalue weighted by Crippen LogP contribution is 2.05. The van der Waals surface area contributed by atoms with Crippen LogP contribution in [-0.2, 0) is 7.05 Å². The lowest BCUT2D eigenvalue weighted by Gasteiger charge is -2.10. The quantitative estimate of drug-likeness (QED) is 0.784. The van der Waals surface area contributed by atoms with Crippen LogP contribution in [0.15, 0.2) is 16.9 Å². The molecule has 0 aliphatic rings. The number of nitrogens with zero attached hydrogens (tertiary/aromatic N) is 2. The molecule has 0 aliphatic heterocycles. The fraction of sp³-hybridized carbons (Fsp3) is 0.417. The lowest BCUT2D eigenvalue weighted by molar-refractivity contribution is 0.0953. The van der Waals surface area contributed by atoms with E-state index < -0.39 is 0 Å². The zero-order valence-corrected chi connectivity index (χ0v) is 10.6. The molecule has 0 fully saturated rings. The van der Waals surface area contributed by atoms with Crippen molar-refractivity contribution in [1.29, 1.82) is 0 Å². The maximum atomic E-state index is 11.9. The summed E-state index contributed by atoms with van der Waals surface area (Å²) in [7, 11) is 1.53. The summed E-state index contributed by atoms with van der Waals surface area (Å²) in [4.78, 5) is 23.7. The fourth-order valence-corrected chi connectivity index (χ4v) is 1.44. The first kappa shape index (κ1) is 13.2. The Labute approximate surface area is 100 Å². The van der Waals surface area contributed by atoms with Gasteiger partial charge in [0.1, 0.15) is 5.56 Å². The molecular weight excluding hydrogens is 218 g/mol. The normalized spacial score (nSPS) is 10.1. The molecule has 1 N–H and O–H groups in total. The summed E-state index contributed by atoms with van der Waals surface area (Å²) in [5.41, 5.74) is 1.90. The number of nitrogens with one attached hydrogen (secondary N) is 1. The average Bonchev–Trinajstić information content (AvgIpc) is 2.24. The van der Waals surface area contributed by atoms with Crippen LogP contribution in [0, 0.1) is 13.8 Å². The maximum absolute atomic E-state index is 11.9. The van der Waals surface area contributed by atoms with E-state index in [-0.39, 0.29) is 17.0 Å². The van der Waals surface area contributed by atoms with Crippen LogP contribution in [0.2, 0.25) is 0 Å². The second kappa shape index (κ2) is 4.95. The summed E-state index contributed by atoms with van der Waals surface area (Å²) in [6.07, 6.45) is 0. The van der Waals surface area contributed by atoms with Gasteiger partial charge in [0.2, 0.25) is 0 Å². The van der Waals surface area contributed by atoms with Crippen LogP contribution in [0.1, 0.15) is 28.5 Å². The number of rotatable bonds is 3. The van der Waals surface area contributed by atoms with E-state index in [1.165, 1.54) is 11.7 Å². The first-order chi connectivity index (χ1) is 7.84. The highest BCUT2D eigenvalue weighted by molar-refractivity contribution is 5.95. The summed E-state index contributed by atoms with van der Waals surface area (Å²) in [5.74, 6) is -0.378. The van der Waals surface area contributed by atoms with Crippen molar-refractivity contribution in [2.45, 2.75) is 20.8 Å². The molecule has 1 aromatic heterocycles. The molecule has 92 valence electrons. The smallest absolute Gasteiger partial charge is 0.279 e. The molecule has 0 bridgehead atoms. The molecule has 0 unspecified atom stereocenters. The minimum absolute atomic E-state index is 0.154. The third-order valence-electron chi connectivity index (χ3n) is 2.50. The molecule has 1 aromatic rings. The number of amides is 1. The largest absolute Gasteiger partial charge is 0.348 e. The standard InChI is InChI=1S/C12H17N3O2/c1-7(2)6-13-11(16)10-8(3)9(4)14-15(5)12(10)17/h1,6H2,2-5H3,(H,13,16). The van der Waals surface area contributed by atoms with Crippen LogP contribution >= 0.6 is 0 Å². The second-order valence-electron chi connectivity index (χ2n) is 4.15. The molecule has 5 nitrogen and oxygen atoms in total. The van der Waals surface area contributed by atoms with Crippen LogP contribution in [0.5, 0.6) is 0 Å². The number of hydrogen-bond acceptors (Lipinski definition) is 3. The Kier molecular flexibility index (Phi) is 3.83. The monoisotopic (exact) mass is 235 g/mol. The third kappa shape index (κ3) is 2.81. The van der Waals surface area contributed by atoms with Gasteiger partial charge in [-0.15, -0.1) is 0 Å². The summed E-state index contributed by atoms with van der Waals surface area (Å²) >= 11 is 0. The first-order valence-corrected chi connectivity index (χ1v) is 5.31. The molecule has 0 radical (unpaired) electrons. The van der Waals surface area contributed by atoms with Crippen molar-refractivity contribution in [3.05, 3.63) is 39.3 Å². The van der Waals surface area contributed by atoms with Crippen molar-refractivity contribution in [2.75, 3.05) is 6.54 Å². The zero-order valence-electron chi connectivity index (χ0n) is 10.6. The van der Waals surface area contributed by atoms with Gasteiger partial charge in [-0.3, -0.25) is 9.59 Å². The van der Waals surface area contributed by atoms with Gasteiger partial charge in [-0.2, -0.15) is 5.10 Å². The third-order valence-corrected chi connectivity index (χ3v) is 2.50. The fourth-order valence-electron chi connectivity index (χ4n) is 1.44. The Balaban J connectivity index is 3.17. The molecule has 0 aromatic carbocycles. The molecule has 0 spiro atoms. The van der Waals surface area contributed by atoms with E-state index in [0.29, 0.717) is 17.8 Å². The van der Waals surface area contributed by atoms with E-state index in [9.17, 15) is 9.59 Å². The van der Waals surface area contributed by atoms with Crippen molar-refractivity contribution < 1.29 is 4.79 Å². The summed E-state index contributed by atoms with van der Waals surface area (Å²) in [6, 6.07) is 0. The maximum Gasteiger partial charge on any atom is 0.279 e. The SMILES string of the molecule is C=C(C)CNC(=O)c1c(C)c(C)nn(C)c1=O. The van der Waals surface area contributed by atoms with E-state index in [0.717, 1.165) is 5.57 Å². The van der Waals surface area contributed by atoms with Crippen molar-refractivity contribution >= 4 is 5.91 Å². The van der Waals surface area contributed by atoms with Crippen molar-refractivity contribution in [3.63, 3.8) is 0 Å². The number of hydrogen-bond donors (Lipinski definition) is 1. The Morgan fingerprint density at radius 2 is 2.06 bits per heavy atom. The molecule has 0 saturated heterocycles. The first-order valence-electron chi connectivity index (χ1n) is 5.31. The van der Waals surface area contributed by atoms with E-state index in [1.54, 1.807) is 13.8 Å². The second-order valence-corrected chi connectivity index (χ2v) is 4.15. The molecule has 5 heteroatoms. The minimum atomic E-state index is -0.382. The number of carbonyl (C=O) groups excluding carboxylic acids is 1. The zero-order chi connectivity index (χ0) is 13.2. The molecule has 17 heavy (non-hydrogen) atoms.